The molecule has 3 saturated heterocycles. The molecule has 0 aromatic rings. The summed E-state index contributed by atoms with van der Waals surface area (Å²) >= 11 is 0. The number of ether oxygens (including phenoxy) is 3. The first-order valence-electron chi connectivity index (χ1n) is 15.8. The highest BCUT2D eigenvalue weighted by molar-refractivity contribution is 5.98. The molecule has 0 amide bonds. The second-order valence-electron chi connectivity index (χ2n) is 17.0. The third kappa shape index (κ3) is 7.93. The fourth-order valence-corrected chi connectivity index (χ4v) is 7.94. The maximum Gasteiger partial charge on any atom is 0.321 e. The summed E-state index contributed by atoms with van der Waals surface area (Å²) in [5.74, 6) is -4.10. The van der Waals surface area contributed by atoms with Crippen molar-refractivity contribution in [2.45, 2.75) is 180 Å². The topological polar surface area (TPSA) is 152 Å². The molecule has 0 radical (unpaired) electrons. The first-order valence-corrected chi connectivity index (χ1v) is 15.8. The molecule has 12 heteroatoms. The number of hydrogen-bond acceptors (Lipinski definition) is 12. The molecule has 0 aromatic carbocycles. The average Bonchev–Trinajstić information content (AvgIpc) is 2.81. The molecule has 0 saturated carbocycles. The van der Waals surface area contributed by atoms with E-state index in [0.717, 1.165) is 5.06 Å². The summed E-state index contributed by atoms with van der Waals surface area (Å²) in [5, 5.41) is 37.7. The van der Waals surface area contributed by atoms with Gasteiger partial charge in [0.05, 0.1) is 6.42 Å². The van der Waals surface area contributed by atoms with Crippen LogP contribution < -0.4 is 0 Å². The van der Waals surface area contributed by atoms with Crippen molar-refractivity contribution in [3.05, 3.63) is 5.21 Å². The fraction of sp³-hybridized carbons (Fsp3) is 0.906. The van der Waals surface area contributed by atoms with Crippen molar-refractivity contribution in [2.75, 3.05) is 0 Å². The third-order valence-electron chi connectivity index (χ3n) is 9.56. The quantitative estimate of drug-likeness (QED) is 0.223. The van der Waals surface area contributed by atoms with Gasteiger partial charge >= 0.3 is 17.9 Å². The second kappa shape index (κ2) is 12.1. The minimum Gasteiger partial charge on any atom is -0.784 e. The summed E-state index contributed by atoms with van der Waals surface area (Å²) in [5.41, 5.74) is -4.35. The third-order valence-corrected chi connectivity index (χ3v) is 9.56. The maximum atomic E-state index is 13.7. The lowest BCUT2D eigenvalue weighted by molar-refractivity contribution is -0.260. The molecule has 3 aliphatic heterocycles. The van der Waals surface area contributed by atoms with Crippen LogP contribution in [0.25, 0.3) is 0 Å². The molecule has 254 valence electrons. The fourth-order valence-electron chi connectivity index (χ4n) is 7.94. The first kappa shape index (κ1) is 36.6. The predicted molar refractivity (Wildman–Crippen MR) is 162 cm³/mol. The van der Waals surface area contributed by atoms with Gasteiger partial charge in [-0.2, -0.15) is 10.1 Å². The van der Waals surface area contributed by atoms with Crippen molar-refractivity contribution in [1.82, 2.24) is 15.2 Å². The molecule has 1 unspecified atom stereocenters. The number of carbonyl (C=O) groups is 3. The largest absolute Gasteiger partial charge is 0.784 e. The van der Waals surface area contributed by atoms with Gasteiger partial charge in [0.25, 0.3) is 0 Å². The van der Waals surface area contributed by atoms with E-state index in [2.05, 4.69) is 0 Å². The smallest absolute Gasteiger partial charge is 0.321 e. The van der Waals surface area contributed by atoms with Crippen molar-refractivity contribution >= 4 is 17.9 Å². The molecule has 0 bridgehead atoms. The Bertz CT molecular complexity index is 991. The Morgan fingerprint density at radius 2 is 0.864 bits per heavy atom. The average molecular weight is 627 g/mol. The van der Waals surface area contributed by atoms with Crippen LogP contribution in [0.5, 0.6) is 0 Å². The van der Waals surface area contributed by atoms with Crippen LogP contribution in [0, 0.1) is 11.1 Å². The first-order chi connectivity index (χ1) is 19.7. The number of rotatable bonds is 7. The zero-order chi connectivity index (χ0) is 33.8. The summed E-state index contributed by atoms with van der Waals surface area (Å²) in [7, 11) is 0. The Kier molecular flexibility index (Phi) is 10.1. The number of hydrogen-bond donors (Lipinski definition) is 2. The normalized spacial score (nSPS) is 28.2. The van der Waals surface area contributed by atoms with Gasteiger partial charge in [0.1, 0.15) is 18.3 Å². The van der Waals surface area contributed by atoms with Crippen LogP contribution in [-0.4, -0.2) is 95.1 Å². The van der Waals surface area contributed by atoms with Gasteiger partial charge in [0.2, 0.25) is 0 Å². The minimum absolute atomic E-state index is 0.263. The van der Waals surface area contributed by atoms with E-state index < -0.39 is 81.8 Å². The van der Waals surface area contributed by atoms with Gasteiger partial charge < -0.3 is 34.9 Å². The molecule has 3 rings (SSSR count). The van der Waals surface area contributed by atoms with Gasteiger partial charge in [-0.3, -0.25) is 14.4 Å². The zero-order valence-corrected chi connectivity index (χ0v) is 28.9. The highest BCUT2D eigenvalue weighted by Crippen LogP contribution is 2.41. The minimum atomic E-state index is -1.57. The van der Waals surface area contributed by atoms with Gasteiger partial charge in [-0.25, -0.2) is 0 Å². The van der Waals surface area contributed by atoms with Crippen molar-refractivity contribution in [3.8, 4) is 0 Å². The van der Waals surface area contributed by atoms with Crippen molar-refractivity contribution in [1.29, 1.82) is 0 Å². The standard InChI is InChI=1S/C32H56N3O9/c1-27(2)14-20(15-28(3,4)33(27)39)42-24(36)13-23(25(37)43-21-16-29(5,6)34(40)30(7,8)17-21)26(38)44-22-18-31(9,10)35(41)32(11,12)19-22/h20-23,39-40H,13-19H2,1-12H3/q-1. The second-order valence-corrected chi connectivity index (χ2v) is 17.0. The highest BCUT2D eigenvalue weighted by Gasteiger charge is 2.49. The lowest BCUT2D eigenvalue weighted by Crippen LogP contribution is -2.61. The van der Waals surface area contributed by atoms with Gasteiger partial charge in [-0.15, -0.1) is 0 Å². The molecular formula is C32H56N3O9-. The number of hydroxylamine groups is 6. The van der Waals surface area contributed by atoms with Crippen LogP contribution in [0.1, 0.15) is 128 Å². The summed E-state index contributed by atoms with van der Waals surface area (Å²) in [6.45, 7) is 21.9. The van der Waals surface area contributed by atoms with Crippen LogP contribution >= 0.6 is 0 Å². The Morgan fingerprint density at radius 3 is 1.18 bits per heavy atom. The van der Waals surface area contributed by atoms with Crippen LogP contribution in [0.4, 0.5) is 0 Å². The highest BCUT2D eigenvalue weighted by atomic mass is 16.6. The number of nitrogens with zero attached hydrogens (tertiary/aromatic N) is 3. The molecule has 1 atom stereocenters. The van der Waals surface area contributed by atoms with Gasteiger partial charge in [-0.05, 0) is 83.1 Å². The molecular weight excluding hydrogens is 570 g/mol. The molecule has 3 heterocycles. The number of esters is 3. The molecule has 3 aliphatic rings. The van der Waals surface area contributed by atoms with E-state index in [-0.39, 0.29) is 12.8 Å². The lowest BCUT2D eigenvalue weighted by Gasteiger charge is -2.59. The molecule has 0 aliphatic carbocycles. The van der Waals surface area contributed by atoms with Crippen molar-refractivity contribution < 1.29 is 39.0 Å². The van der Waals surface area contributed by atoms with Crippen LogP contribution in [0.15, 0.2) is 0 Å². The summed E-state index contributed by atoms with van der Waals surface area (Å²) < 4.78 is 17.5. The van der Waals surface area contributed by atoms with E-state index in [4.69, 9.17) is 14.2 Å². The van der Waals surface area contributed by atoms with Gasteiger partial charge in [0.15, 0.2) is 5.92 Å². The molecule has 3 fully saturated rings. The van der Waals surface area contributed by atoms with E-state index in [0.29, 0.717) is 25.7 Å². The molecule has 2 N–H and O–H groups in total. The monoisotopic (exact) mass is 626 g/mol. The molecule has 0 spiro atoms. The summed E-state index contributed by atoms with van der Waals surface area (Å²) in [4.78, 5) is 40.7. The number of carbonyl (C=O) groups excluding carboxylic acids is 3. The van der Waals surface area contributed by atoms with E-state index in [1.54, 1.807) is 27.7 Å². The number of piperidine rings is 3. The SMILES string of the molecule is CC1(C)CC(OC(=O)C(CC(=O)OC2CC(C)(C)N(O)C(C)(C)C2)C(=O)OC2CC(C)(C)N(O)C(C)(C)C2)CC(C)(C)N1[O-]. The predicted octanol–water partition coefficient (Wildman–Crippen LogP) is 4.96. The van der Waals surface area contributed by atoms with E-state index >= 15 is 0 Å². The Labute approximate surface area is 262 Å². The molecule has 44 heavy (non-hydrogen) atoms. The summed E-state index contributed by atoms with van der Waals surface area (Å²) in [6.07, 6.45) is -0.482. The molecule has 12 nitrogen and oxygen atoms in total. The Hall–Kier alpha value is -1.83. The van der Waals surface area contributed by atoms with Crippen LogP contribution in [-0.2, 0) is 28.6 Å². The van der Waals surface area contributed by atoms with Crippen molar-refractivity contribution in [2.24, 2.45) is 5.92 Å². The molecule has 0 aromatic heterocycles. The Morgan fingerprint density at radius 1 is 0.591 bits per heavy atom. The maximum absolute atomic E-state index is 13.7. The summed E-state index contributed by atoms with van der Waals surface area (Å²) in [6, 6.07) is 0. The van der Waals surface area contributed by atoms with E-state index in [1.807, 2.05) is 55.4 Å². The van der Waals surface area contributed by atoms with Crippen molar-refractivity contribution in [3.63, 3.8) is 0 Å². The Balaban J connectivity index is 1.81. The lowest BCUT2D eigenvalue weighted by atomic mass is 9.80. The van der Waals surface area contributed by atoms with E-state index in [1.165, 1.54) is 10.1 Å². The van der Waals surface area contributed by atoms with Crippen LogP contribution in [0.2, 0.25) is 0 Å². The van der Waals surface area contributed by atoms with Gasteiger partial charge in [0, 0.05) is 71.8 Å². The van der Waals surface area contributed by atoms with E-state index in [9.17, 15) is 30.0 Å². The van der Waals surface area contributed by atoms with Crippen LogP contribution in [0.3, 0.4) is 0 Å². The van der Waals surface area contributed by atoms with Gasteiger partial charge in [-0.1, -0.05) is 0 Å². The zero-order valence-electron chi connectivity index (χ0n) is 28.9.